The van der Waals surface area contributed by atoms with E-state index in [-0.39, 0.29) is 0 Å². The fraction of sp³-hybridized carbons (Fsp3) is 0.250. The van der Waals surface area contributed by atoms with Gasteiger partial charge in [0.15, 0.2) is 5.82 Å². The van der Waals surface area contributed by atoms with Gasteiger partial charge in [0.2, 0.25) is 0 Å². The van der Waals surface area contributed by atoms with Gasteiger partial charge in [0.05, 0.1) is 21.2 Å². The smallest absolute Gasteiger partial charge is 0.151 e. The van der Waals surface area contributed by atoms with E-state index in [4.69, 9.17) is 5.26 Å². The summed E-state index contributed by atoms with van der Waals surface area (Å²) in [5.41, 5.74) is 0.864. The van der Waals surface area contributed by atoms with Crippen LogP contribution in [0.5, 0.6) is 0 Å². The monoisotopic (exact) mass is 322 g/mol. The Morgan fingerprint density at radius 1 is 1.33 bits per heavy atom. The van der Waals surface area contributed by atoms with Crippen LogP contribution in [-0.4, -0.2) is 23.8 Å². The number of nitriles is 1. The summed E-state index contributed by atoms with van der Waals surface area (Å²) < 4.78 is 1.08. The number of rotatable bonds is 4. The fourth-order valence-corrected chi connectivity index (χ4v) is 2.80. The van der Waals surface area contributed by atoms with Gasteiger partial charge in [0.1, 0.15) is 5.69 Å². The van der Waals surface area contributed by atoms with Crippen molar-refractivity contribution >= 4 is 33.1 Å². The first kappa shape index (κ1) is 13.0. The number of hydrogen-bond donors (Lipinski definition) is 0. The molecular formula is C12H11BrN4S. The van der Waals surface area contributed by atoms with Crippen LogP contribution in [0.15, 0.2) is 28.1 Å². The number of thiophene rings is 1. The van der Waals surface area contributed by atoms with Gasteiger partial charge in [0, 0.05) is 13.6 Å². The quantitative estimate of drug-likeness (QED) is 0.866. The molecule has 6 heteroatoms. The van der Waals surface area contributed by atoms with E-state index < -0.39 is 0 Å². The molecule has 0 bridgehead atoms. The predicted octanol–water partition coefficient (Wildman–Crippen LogP) is 3.32. The van der Waals surface area contributed by atoms with Crippen molar-refractivity contribution in [3.63, 3.8) is 0 Å². The molecule has 2 aromatic rings. The summed E-state index contributed by atoms with van der Waals surface area (Å²) in [6.45, 7) is 0.662. The topological polar surface area (TPSA) is 52.8 Å². The zero-order chi connectivity index (χ0) is 13.0. The Kier molecular flexibility index (Phi) is 4.28. The highest BCUT2D eigenvalue weighted by molar-refractivity contribution is 9.11. The minimum Gasteiger partial charge on any atom is -0.357 e. The zero-order valence-corrected chi connectivity index (χ0v) is 12.2. The van der Waals surface area contributed by atoms with Crippen molar-refractivity contribution in [1.82, 2.24) is 10.2 Å². The van der Waals surface area contributed by atoms with Gasteiger partial charge in [-0.1, -0.05) is 0 Å². The molecule has 0 saturated carbocycles. The van der Waals surface area contributed by atoms with E-state index in [2.05, 4.69) is 32.2 Å². The van der Waals surface area contributed by atoms with Crippen molar-refractivity contribution in [2.24, 2.45) is 0 Å². The van der Waals surface area contributed by atoms with E-state index in [1.165, 1.54) is 0 Å². The Labute approximate surface area is 118 Å². The lowest BCUT2D eigenvalue weighted by atomic mass is 10.3. The minimum atomic E-state index is 0.484. The maximum atomic E-state index is 8.54. The molecule has 0 atom stereocenters. The molecule has 0 aromatic carbocycles. The van der Waals surface area contributed by atoms with Gasteiger partial charge < -0.3 is 4.90 Å². The first-order valence-electron chi connectivity index (χ1n) is 5.38. The third-order valence-electron chi connectivity index (χ3n) is 2.43. The Morgan fingerprint density at radius 2 is 2.17 bits per heavy atom. The highest BCUT2D eigenvalue weighted by Gasteiger charge is 2.06. The van der Waals surface area contributed by atoms with Gasteiger partial charge in [-0.15, -0.1) is 21.5 Å². The summed E-state index contributed by atoms with van der Waals surface area (Å²) in [7, 11) is 1.91. The molecule has 0 spiro atoms. The van der Waals surface area contributed by atoms with Crippen molar-refractivity contribution in [2.75, 3.05) is 18.5 Å². The van der Waals surface area contributed by atoms with Crippen LogP contribution in [0.2, 0.25) is 0 Å². The molecule has 0 fully saturated rings. The average Bonchev–Trinajstić information content (AvgIpc) is 2.83. The molecular weight excluding hydrogens is 312 g/mol. The highest BCUT2D eigenvalue weighted by Crippen LogP contribution is 2.29. The van der Waals surface area contributed by atoms with E-state index in [9.17, 15) is 0 Å². The summed E-state index contributed by atoms with van der Waals surface area (Å²) in [5, 5.41) is 16.9. The number of halogens is 1. The lowest BCUT2D eigenvalue weighted by molar-refractivity contribution is 0.861. The number of anilines is 1. The molecule has 0 amide bonds. The van der Waals surface area contributed by atoms with Gasteiger partial charge in [-0.05, 0) is 40.2 Å². The average molecular weight is 323 g/mol. The normalized spacial score (nSPS) is 10.1. The molecule has 0 aliphatic heterocycles. The van der Waals surface area contributed by atoms with Gasteiger partial charge in [-0.2, -0.15) is 5.26 Å². The van der Waals surface area contributed by atoms with Crippen molar-refractivity contribution in [1.29, 1.82) is 5.26 Å². The summed E-state index contributed by atoms with van der Waals surface area (Å²) in [4.78, 5) is 3.00. The van der Waals surface area contributed by atoms with Crippen molar-refractivity contribution < 1.29 is 0 Å². The lowest BCUT2D eigenvalue weighted by Gasteiger charge is -2.15. The largest absolute Gasteiger partial charge is 0.357 e. The molecule has 4 nitrogen and oxygen atoms in total. The first-order valence-corrected chi connectivity index (χ1v) is 6.99. The van der Waals surface area contributed by atoms with E-state index >= 15 is 0 Å². The summed E-state index contributed by atoms with van der Waals surface area (Å²) in [6, 6.07) is 9.99. The molecule has 2 rings (SSSR count). The molecule has 0 aliphatic carbocycles. The van der Waals surface area contributed by atoms with E-state index in [1.54, 1.807) is 11.3 Å². The van der Waals surface area contributed by atoms with Crippen LogP contribution in [0.1, 0.15) is 6.42 Å². The summed E-state index contributed by atoms with van der Waals surface area (Å²) in [5.74, 6) is 0.782. The van der Waals surface area contributed by atoms with E-state index in [0.29, 0.717) is 13.0 Å². The molecule has 2 heterocycles. The summed E-state index contributed by atoms with van der Waals surface area (Å²) in [6.07, 6.45) is 0.484. The van der Waals surface area contributed by atoms with Crippen LogP contribution >= 0.6 is 27.3 Å². The van der Waals surface area contributed by atoms with Crippen molar-refractivity contribution in [3.8, 4) is 16.6 Å². The number of hydrogen-bond acceptors (Lipinski definition) is 5. The van der Waals surface area contributed by atoms with Crippen LogP contribution in [0.3, 0.4) is 0 Å². The minimum absolute atomic E-state index is 0.484. The van der Waals surface area contributed by atoms with Gasteiger partial charge in [-0.3, -0.25) is 0 Å². The highest BCUT2D eigenvalue weighted by atomic mass is 79.9. The van der Waals surface area contributed by atoms with Crippen LogP contribution in [0.25, 0.3) is 10.6 Å². The first-order chi connectivity index (χ1) is 8.70. The molecule has 0 radical (unpaired) electrons. The molecule has 0 N–H and O–H groups in total. The number of aromatic nitrogens is 2. The molecule has 2 aromatic heterocycles. The molecule has 18 heavy (non-hydrogen) atoms. The van der Waals surface area contributed by atoms with Crippen LogP contribution in [0, 0.1) is 11.3 Å². The van der Waals surface area contributed by atoms with Crippen molar-refractivity contribution in [2.45, 2.75) is 6.42 Å². The maximum Gasteiger partial charge on any atom is 0.151 e. The van der Waals surface area contributed by atoms with Gasteiger partial charge >= 0.3 is 0 Å². The Hall–Kier alpha value is -1.45. The van der Waals surface area contributed by atoms with Crippen LogP contribution < -0.4 is 4.90 Å². The third kappa shape index (κ3) is 3.06. The van der Waals surface area contributed by atoms with Gasteiger partial charge in [-0.25, -0.2) is 0 Å². The van der Waals surface area contributed by atoms with E-state index in [0.717, 1.165) is 20.2 Å². The Balaban J connectivity index is 2.13. The van der Waals surface area contributed by atoms with Crippen molar-refractivity contribution in [3.05, 3.63) is 28.1 Å². The second kappa shape index (κ2) is 5.94. The van der Waals surface area contributed by atoms with E-state index in [1.807, 2.05) is 36.2 Å². The third-order valence-corrected chi connectivity index (χ3v) is 4.07. The zero-order valence-electron chi connectivity index (χ0n) is 9.80. The standard InChI is InChI=1S/C12H11BrN4S/c1-17(8-2-7-14)12-6-3-9(15-16-12)10-4-5-11(13)18-10/h3-6H,2,8H2,1H3. The Morgan fingerprint density at radius 3 is 2.72 bits per heavy atom. The lowest BCUT2D eigenvalue weighted by Crippen LogP contribution is -2.19. The van der Waals surface area contributed by atoms with Crippen LogP contribution in [-0.2, 0) is 0 Å². The van der Waals surface area contributed by atoms with Crippen LogP contribution in [0.4, 0.5) is 5.82 Å². The Bertz CT molecular complexity index is 558. The fourth-order valence-electron chi connectivity index (χ4n) is 1.44. The molecule has 0 saturated heterocycles. The molecule has 0 aliphatic rings. The SMILES string of the molecule is CN(CCC#N)c1ccc(-c2ccc(Br)s2)nn1. The number of nitrogens with zero attached hydrogens (tertiary/aromatic N) is 4. The second-order valence-corrected chi connectivity index (χ2v) is 6.17. The predicted molar refractivity (Wildman–Crippen MR) is 76.5 cm³/mol. The van der Waals surface area contributed by atoms with Gasteiger partial charge in [0.25, 0.3) is 0 Å². The molecule has 92 valence electrons. The summed E-state index contributed by atoms with van der Waals surface area (Å²) >= 11 is 5.05. The molecule has 0 unspecified atom stereocenters. The maximum absolute atomic E-state index is 8.54. The second-order valence-electron chi connectivity index (χ2n) is 3.71.